The van der Waals surface area contributed by atoms with Gasteiger partial charge in [0, 0.05) is 25.0 Å². The van der Waals surface area contributed by atoms with Gasteiger partial charge >= 0.3 is 6.18 Å². The van der Waals surface area contributed by atoms with Gasteiger partial charge in [0.25, 0.3) is 0 Å². The number of hydrogen-bond donors (Lipinski definition) is 1. The lowest BCUT2D eigenvalue weighted by molar-refractivity contribution is -0.175. The van der Waals surface area contributed by atoms with Crippen LogP contribution in [0, 0.1) is 23.3 Å². The van der Waals surface area contributed by atoms with Crippen molar-refractivity contribution < 1.29 is 13.2 Å². The Morgan fingerprint density at radius 3 is 2.37 bits per heavy atom. The number of rotatable bonds is 3. The van der Waals surface area contributed by atoms with Gasteiger partial charge in [0.15, 0.2) is 6.19 Å². The first-order valence-electron chi connectivity index (χ1n) is 10.4. The number of piperidine rings is 1. The van der Waals surface area contributed by atoms with Crippen molar-refractivity contribution in [1.29, 1.82) is 5.26 Å². The number of hydrogen-bond acceptors (Lipinski definition) is 5. The predicted molar refractivity (Wildman–Crippen MR) is 103 cm³/mol. The SMILES string of the molecule is N#CN1C[C@H]2CC[C@@H](C1)[C@@H]2Nc1nc2n(n1)C(C(F)(F)F)CCC2c1ccccc1. The number of halogens is 3. The molecule has 2 bridgehead atoms. The molecule has 158 valence electrons. The van der Waals surface area contributed by atoms with Crippen molar-refractivity contribution in [3.63, 3.8) is 0 Å². The van der Waals surface area contributed by atoms with Gasteiger partial charge in [-0.2, -0.15) is 23.4 Å². The molecule has 9 heteroatoms. The smallest absolute Gasteiger partial charge is 0.350 e. The average molecular weight is 416 g/mol. The summed E-state index contributed by atoms with van der Waals surface area (Å²) in [5.41, 5.74) is 0.959. The third-order valence-electron chi connectivity index (χ3n) is 6.84. The number of nitrogens with zero attached hydrogens (tertiary/aromatic N) is 5. The molecule has 2 fully saturated rings. The minimum atomic E-state index is -4.36. The van der Waals surface area contributed by atoms with E-state index in [-0.39, 0.29) is 36.2 Å². The largest absolute Gasteiger partial charge is 0.410 e. The summed E-state index contributed by atoms with van der Waals surface area (Å²) in [7, 11) is 0. The topological polar surface area (TPSA) is 69.8 Å². The molecule has 6 nitrogen and oxygen atoms in total. The molecule has 0 radical (unpaired) electrons. The third kappa shape index (κ3) is 3.28. The zero-order valence-corrected chi connectivity index (χ0v) is 16.4. The first kappa shape index (κ1) is 19.2. The lowest BCUT2D eigenvalue weighted by Crippen LogP contribution is -2.46. The molecular formula is C21H23F3N6. The highest BCUT2D eigenvalue weighted by Crippen LogP contribution is 2.44. The Morgan fingerprint density at radius 2 is 1.73 bits per heavy atom. The zero-order chi connectivity index (χ0) is 20.9. The quantitative estimate of drug-likeness (QED) is 0.769. The highest BCUT2D eigenvalue weighted by molar-refractivity contribution is 5.34. The molecule has 1 aromatic heterocycles. The second-order valence-electron chi connectivity index (χ2n) is 8.61. The first-order valence-corrected chi connectivity index (χ1v) is 10.4. The number of benzene rings is 1. The van der Waals surface area contributed by atoms with E-state index in [2.05, 4.69) is 21.6 Å². The van der Waals surface area contributed by atoms with Crippen LogP contribution in [0.15, 0.2) is 30.3 Å². The molecule has 0 amide bonds. The third-order valence-corrected chi connectivity index (χ3v) is 6.84. The van der Waals surface area contributed by atoms with Gasteiger partial charge in [-0.25, -0.2) is 4.68 Å². The molecule has 0 spiro atoms. The summed E-state index contributed by atoms with van der Waals surface area (Å²) in [5, 5.41) is 16.8. The fourth-order valence-electron chi connectivity index (χ4n) is 5.43. The van der Waals surface area contributed by atoms with Gasteiger partial charge in [-0.3, -0.25) is 0 Å². The fraction of sp³-hybridized carbons (Fsp3) is 0.571. The van der Waals surface area contributed by atoms with Gasteiger partial charge in [0.1, 0.15) is 11.9 Å². The molecule has 2 aromatic rings. The molecule has 5 rings (SSSR count). The van der Waals surface area contributed by atoms with Crippen LogP contribution in [0.2, 0.25) is 0 Å². The Morgan fingerprint density at radius 1 is 1.03 bits per heavy atom. The number of nitrogens with one attached hydrogen (secondary N) is 1. The number of likely N-dealkylation sites (tertiary alicyclic amines) is 1. The molecule has 3 heterocycles. The molecule has 1 saturated heterocycles. The van der Waals surface area contributed by atoms with Gasteiger partial charge in [-0.15, -0.1) is 5.10 Å². The summed E-state index contributed by atoms with van der Waals surface area (Å²) in [4.78, 5) is 6.34. The number of nitriles is 1. The molecular weight excluding hydrogens is 393 g/mol. The van der Waals surface area contributed by atoms with E-state index in [1.54, 1.807) is 4.90 Å². The summed E-state index contributed by atoms with van der Waals surface area (Å²) in [5.74, 6) is 1.01. The lowest BCUT2D eigenvalue weighted by atomic mass is 9.88. The van der Waals surface area contributed by atoms with Crippen molar-refractivity contribution in [3.05, 3.63) is 41.7 Å². The molecule has 1 aliphatic carbocycles. The van der Waals surface area contributed by atoms with Gasteiger partial charge in [-0.05, 0) is 43.1 Å². The molecule has 2 unspecified atom stereocenters. The summed E-state index contributed by atoms with van der Waals surface area (Å²) < 4.78 is 42.2. The maximum Gasteiger partial charge on any atom is 0.410 e. The number of aromatic nitrogens is 3. The van der Waals surface area contributed by atoms with Crippen LogP contribution in [0.25, 0.3) is 0 Å². The summed E-state index contributed by atoms with van der Waals surface area (Å²) >= 11 is 0. The predicted octanol–water partition coefficient (Wildman–Crippen LogP) is 3.91. The number of fused-ring (bicyclic) bond motifs is 3. The van der Waals surface area contributed by atoms with E-state index in [0.29, 0.717) is 25.3 Å². The molecule has 30 heavy (non-hydrogen) atoms. The van der Waals surface area contributed by atoms with Crippen LogP contribution in [-0.4, -0.2) is 45.0 Å². The minimum absolute atomic E-state index is 0.00926. The summed E-state index contributed by atoms with van der Waals surface area (Å²) in [6, 6.07) is 8.00. The van der Waals surface area contributed by atoms with Crippen molar-refractivity contribution in [2.75, 3.05) is 18.4 Å². The number of alkyl halides is 3. The van der Waals surface area contributed by atoms with E-state index in [1.165, 1.54) is 0 Å². The highest BCUT2D eigenvalue weighted by Gasteiger charge is 2.47. The van der Waals surface area contributed by atoms with Crippen LogP contribution in [0.1, 0.15) is 49.0 Å². The highest BCUT2D eigenvalue weighted by atomic mass is 19.4. The molecule has 5 atom stereocenters. The van der Waals surface area contributed by atoms with Crippen LogP contribution in [0.3, 0.4) is 0 Å². The normalized spacial score (nSPS) is 30.6. The molecule has 1 saturated carbocycles. The standard InChI is InChI=1S/C21H23F3N6/c22-21(23,24)17-9-8-16(13-4-2-1-3-5-13)19-27-20(28-30(17)19)26-18-14-6-7-15(18)11-29(10-14)12-25/h1-5,14-18H,6-11H2,(H,26,28)/t14-,15+,16?,17?,18-. The second-order valence-corrected chi connectivity index (χ2v) is 8.61. The Balaban J connectivity index is 1.46. The Bertz CT molecular complexity index is 936. The van der Waals surface area contributed by atoms with E-state index >= 15 is 0 Å². The maximum atomic E-state index is 13.7. The average Bonchev–Trinajstić information content (AvgIpc) is 3.24. The fourth-order valence-corrected chi connectivity index (χ4v) is 5.43. The van der Waals surface area contributed by atoms with Crippen molar-refractivity contribution >= 4 is 5.95 Å². The van der Waals surface area contributed by atoms with Gasteiger partial charge in [0.05, 0.1) is 0 Å². The van der Waals surface area contributed by atoms with E-state index in [0.717, 1.165) is 23.1 Å². The summed E-state index contributed by atoms with van der Waals surface area (Å²) in [6.07, 6.45) is 0.247. The van der Waals surface area contributed by atoms with E-state index in [9.17, 15) is 18.4 Å². The molecule has 3 aliphatic rings. The van der Waals surface area contributed by atoms with Gasteiger partial charge < -0.3 is 10.2 Å². The summed E-state index contributed by atoms with van der Waals surface area (Å²) in [6.45, 7) is 1.35. The minimum Gasteiger partial charge on any atom is -0.350 e. The van der Waals surface area contributed by atoms with E-state index < -0.39 is 12.2 Å². The van der Waals surface area contributed by atoms with E-state index in [1.807, 2.05) is 30.3 Å². The molecule has 1 N–H and O–H groups in total. The van der Waals surface area contributed by atoms with Crippen molar-refractivity contribution in [2.45, 2.75) is 49.9 Å². The second kappa shape index (κ2) is 7.18. The van der Waals surface area contributed by atoms with Crippen molar-refractivity contribution in [3.8, 4) is 6.19 Å². The van der Waals surface area contributed by atoms with Gasteiger partial charge in [-0.1, -0.05) is 30.3 Å². The maximum absolute atomic E-state index is 13.7. The van der Waals surface area contributed by atoms with Crippen LogP contribution in [0.5, 0.6) is 0 Å². The molecule has 1 aromatic carbocycles. The molecule has 2 aliphatic heterocycles. The van der Waals surface area contributed by atoms with Crippen molar-refractivity contribution in [2.24, 2.45) is 11.8 Å². The van der Waals surface area contributed by atoms with Crippen LogP contribution >= 0.6 is 0 Å². The Labute approximate surface area is 172 Å². The monoisotopic (exact) mass is 416 g/mol. The van der Waals surface area contributed by atoms with Crippen LogP contribution in [0.4, 0.5) is 19.1 Å². The Kier molecular flexibility index (Phi) is 4.60. The lowest BCUT2D eigenvalue weighted by Gasteiger charge is -2.35. The van der Waals surface area contributed by atoms with E-state index in [4.69, 9.17) is 0 Å². The van der Waals surface area contributed by atoms with Gasteiger partial charge in [0.2, 0.25) is 5.95 Å². The number of anilines is 1. The Hall–Kier alpha value is -2.76. The first-order chi connectivity index (χ1) is 14.4. The zero-order valence-electron chi connectivity index (χ0n) is 16.4. The van der Waals surface area contributed by atoms with Crippen LogP contribution in [-0.2, 0) is 0 Å². The van der Waals surface area contributed by atoms with Crippen LogP contribution < -0.4 is 5.32 Å². The van der Waals surface area contributed by atoms with Crippen molar-refractivity contribution in [1.82, 2.24) is 19.7 Å².